The molecule has 1 atom stereocenters. The predicted octanol–water partition coefficient (Wildman–Crippen LogP) is 6.60. The monoisotopic (exact) mass is 500 g/mol. The summed E-state index contributed by atoms with van der Waals surface area (Å²) in [5.41, 5.74) is 3.20. The summed E-state index contributed by atoms with van der Waals surface area (Å²) in [6.07, 6.45) is 1.64. The number of hydrogen-bond donors (Lipinski definition) is 2. The molecule has 3 aromatic rings. The number of hydrogen-bond acceptors (Lipinski definition) is 4. The topological polar surface area (TPSA) is 67.4 Å². The molecule has 1 heterocycles. The number of carbonyl (C=O) groups excluding carboxylic acids is 2. The van der Waals surface area contributed by atoms with Crippen LogP contribution in [0.5, 0.6) is 0 Å². The number of rotatable bonds is 5. The van der Waals surface area contributed by atoms with E-state index in [9.17, 15) is 9.59 Å². The van der Waals surface area contributed by atoms with Crippen LogP contribution in [0, 0.1) is 0 Å². The largest absolute Gasteiger partial charge is 0.459 e. The van der Waals surface area contributed by atoms with Gasteiger partial charge in [-0.2, -0.15) is 0 Å². The Labute approximate surface area is 206 Å². The van der Waals surface area contributed by atoms with Crippen LogP contribution >= 0.6 is 34.8 Å². The Kier molecular flexibility index (Phi) is 7.23. The third-order valence-electron chi connectivity index (χ3n) is 5.04. The molecule has 0 saturated carbocycles. The number of carbonyl (C=O) groups is 2. The molecule has 0 radical (unpaired) electrons. The highest BCUT2D eigenvalue weighted by Gasteiger charge is 2.30. The van der Waals surface area contributed by atoms with Gasteiger partial charge in [-0.05, 0) is 41.5 Å². The normalized spacial score (nSPS) is 16.0. The Balaban J connectivity index is 1.58. The molecule has 33 heavy (non-hydrogen) atoms. The molecule has 3 aromatic carbocycles. The average molecular weight is 502 g/mol. The molecule has 8 heteroatoms. The fraction of sp³-hybridized carbons (Fsp3) is 0.120. The molecule has 2 N–H and O–H groups in total. The molecule has 0 saturated heterocycles. The van der Waals surface area contributed by atoms with E-state index in [0.717, 1.165) is 5.56 Å². The first-order valence-corrected chi connectivity index (χ1v) is 11.3. The summed E-state index contributed by atoms with van der Waals surface area (Å²) in [6, 6.07) is 18.8. The maximum Gasteiger partial charge on any atom is 0.329 e. The summed E-state index contributed by atoms with van der Waals surface area (Å²) in [5.74, 6) is -0.815. The highest BCUT2D eigenvalue weighted by Crippen LogP contribution is 2.40. The lowest BCUT2D eigenvalue weighted by molar-refractivity contribution is -0.145. The van der Waals surface area contributed by atoms with E-state index in [4.69, 9.17) is 39.5 Å². The van der Waals surface area contributed by atoms with Gasteiger partial charge in [0.05, 0.1) is 5.02 Å². The van der Waals surface area contributed by atoms with Crippen LogP contribution in [-0.4, -0.2) is 17.9 Å². The average Bonchev–Trinajstić information content (AvgIpc) is 2.77. The van der Waals surface area contributed by atoms with E-state index in [1.165, 1.54) is 6.08 Å². The van der Waals surface area contributed by atoms with Crippen molar-refractivity contribution >= 4 is 63.6 Å². The van der Waals surface area contributed by atoms with Gasteiger partial charge in [0.25, 0.3) is 0 Å². The second kappa shape index (κ2) is 10.3. The van der Waals surface area contributed by atoms with Crippen LogP contribution in [0.25, 0.3) is 5.57 Å². The van der Waals surface area contributed by atoms with Crippen molar-refractivity contribution in [3.8, 4) is 0 Å². The van der Waals surface area contributed by atoms with Crippen molar-refractivity contribution in [2.75, 3.05) is 10.6 Å². The van der Waals surface area contributed by atoms with E-state index < -0.39 is 12.0 Å². The van der Waals surface area contributed by atoms with Gasteiger partial charge in [0, 0.05) is 39.5 Å². The van der Waals surface area contributed by atoms with E-state index in [2.05, 4.69) is 10.6 Å². The van der Waals surface area contributed by atoms with Crippen molar-refractivity contribution in [1.82, 2.24) is 0 Å². The van der Waals surface area contributed by atoms with Gasteiger partial charge >= 0.3 is 5.97 Å². The van der Waals surface area contributed by atoms with Gasteiger partial charge in [-0.3, -0.25) is 4.79 Å². The Morgan fingerprint density at radius 2 is 1.79 bits per heavy atom. The summed E-state index contributed by atoms with van der Waals surface area (Å²) in [7, 11) is 0. The predicted molar refractivity (Wildman–Crippen MR) is 133 cm³/mol. The zero-order chi connectivity index (χ0) is 23.4. The molecule has 0 fully saturated rings. The van der Waals surface area contributed by atoms with Crippen molar-refractivity contribution in [2.45, 2.75) is 19.1 Å². The van der Waals surface area contributed by atoms with E-state index in [1.807, 2.05) is 30.3 Å². The first-order chi connectivity index (χ1) is 15.9. The van der Waals surface area contributed by atoms with Crippen LogP contribution < -0.4 is 10.6 Å². The lowest BCUT2D eigenvalue weighted by Crippen LogP contribution is -2.35. The number of ether oxygens (including phenoxy) is 1. The summed E-state index contributed by atoms with van der Waals surface area (Å²) in [4.78, 5) is 25.5. The van der Waals surface area contributed by atoms with Crippen molar-refractivity contribution in [3.63, 3.8) is 0 Å². The van der Waals surface area contributed by atoms with E-state index in [0.29, 0.717) is 37.6 Å². The number of halogens is 3. The summed E-state index contributed by atoms with van der Waals surface area (Å²) < 4.78 is 5.50. The number of esters is 1. The fourth-order valence-electron chi connectivity index (χ4n) is 3.58. The highest BCUT2D eigenvalue weighted by molar-refractivity contribution is 6.36. The van der Waals surface area contributed by atoms with Crippen LogP contribution in [0.1, 0.15) is 17.5 Å². The lowest BCUT2D eigenvalue weighted by atomic mass is 9.91. The van der Waals surface area contributed by atoms with E-state index in [1.54, 1.807) is 36.4 Å². The smallest absolute Gasteiger partial charge is 0.329 e. The molecule has 0 aliphatic carbocycles. The Hall–Kier alpha value is -2.99. The van der Waals surface area contributed by atoms with Crippen LogP contribution in [0.4, 0.5) is 11.4 Å². The van der Waals surface area contributed by atoms with Crippen molar-refractivity contribution in [2.24, 2.45) is 0 Å². The van der Waals surface area contributed by atoms with Crippen LogP contribution in [0.3, 0.4) is 0 Å². The van der Waals surface area contributed by atoms with Gasteiger partial charge in [0.15, 0.2) is 0 Å². The molecular formula is C25H19Cl3N2O3. The van der Waals surface area contributed by atoms with Crippen LogP contribution in [-0.2, 0) is 20.9 Å². The molecule has 1 aliphatic heterocycles. The molecule has 1 amide bonds. The molecular weight excluding hydrogens is 483 g/mol. The van der Waals surface area contributed by atoms with Crippen molar-refractivity contribution in [1.29, 1.82) is 0 Å². The summed E-state index contributed by atoms with van der Waals surface area (Å²) >= 11 is 18.6. The third kappa shape index (κ3) is 5.88. The maximum atomic E-state index is 12.8. The molecule has 0 spiro atoms. The second-order valence-corrected chi connectivity index (χ2v) is 8.75. The Bertz CT molecular complexity index is 1230. The molecule has 5 nitrogen and oxygen atoms in total. The molecule has 0 bridgehead atoms. The number of amides is 1. The first-order valence-electron chi connectivity index (χ1n) is 10.1. The van der Waals surface area contributed by atoms with Crippen molar-refractivity contribution < 1.29 is 14.3 Å². The number of fused-ring (bicyclic) bond motifs is 1. The summed E-state index contributed by atoms with van der Waals surface area (Å²) in [6.45, 7) is 0.148. The van der Waals surface area contributed by atoms with Crippen LogP contribution in [0.2, 0.25) is 15.1 Å². The van der Waals surface area contributed by atoms with Gasteiger partial charge in [-0.15, -0.1) is 0 Å². The number of benzene rings is 3. The van der Waals surface area contributed by atoms with Gasteiger partial charge < -0.3 is 15.4 Å². The fourth-order valence-corrected chi connectivity index (χ4v) is 4.39. The van der Waals surface area contributed by atoms with E-state index >= 15 is 0 Å². The highest BCUT2D eigenvalue weighted by atomic mass is 35.5. The summed E-state index contributed by atoms with van der Waals surface area (Å²) in [5, 5.41) is 7.21. The number of nitrogens with one attached hydrogen (secondary N) is 2. The zero-order valence-corrected chi connectivity index (χ0v) is 19.5. The van der Waals surface area contributed by atoms with Gasteiger partial charge in [0.1, 0.15) is 12.6 Å². The minimum absolute atomic E-state index is 0.148. The standard InChI is InChI=1S/C25H19Cl3N2O3/c26-17-7-4-8-19(11-17)29-23(31)10-16-9-22(25(32)33-14-15-5-2-1-3-6-15)30-21-13-18(27)12-20(28)24(16)21/h1-8,10-13,22,30H,9,14H2,(H,29,31). The number of anilines is 2. The Morgan fingerprint density at radius 3 is 2.55 bits per heavy atom. The molecule has 1 aliphatic rings. The molecule has 4 rings (SSSR count). The van der Waals surface area contributed by atoms with Crippen molar-refractivity contribution in [3.05, 3.63) is 99.0 Å². The maximum absolute atomic E-state index is 12.8. The zero-order valence-electron chi connectivity index (χ0n) is 17.3. The SMILES string of the molecule is O=C(C=C1CC(C(=O)OCc2ccccc2)Nc2cc(Cl)cc(Cl)c21)Nc1cccc(Cl)c1. The quantitative estimate of drug-likeness (QED) is 0.305. The molecule has 0 aromatic heterocycles. The van der Waals surface area contributed by atoms with Crippen LogP contribution in [0.15, 0.2) is 72.8 Å². The second-order valence-electron chi connectivity index (χ2n) is 7.47. The van der Waals surface area contributed by atoms with E-state index in [-0.39, 0.29) is 18.9 Å². The van der Waals surface area contributed by atoms with Gasteiger partial charge in [0.2, 0.25) is 5.91 Å². The Morgan fingerprint density at radius 1 is 1.00 bits per heavy atom. The lowest BCUT2D eigenvalue weighted by Gasteiger charge is -2.28. The van der Waals surface area contributed by atoms with Gasteiger partial charge in [-0.1, -0.05) is 71.2 Å². The molecule has 1 unspecified atom stereocenters. The minimum atomic E-state index is -0.707. The first kappa shape index (κ1) is 23.2. The minimum Gasteiger partial charge on any atom is -0.459 e. The third-order valence-corrected chi connectivity index (χ3v) is 5.79. The van der Waals surface area contributed by atoms with Gasteiger partial charge in [-0.25, -0.2) is 4.79 Å². The molecule has 168 valence electrons.